The number of hydrogen-bond acceptors (Lipinski definition) is 2. The van der Waals surface area contributed by atoms with Gasteiger partial charge in [-0.05, 0) is 49.8 Å². The number of nitrogens with two attached hydrogens (primary N) is 1. The first-order chi connectivity index (χ1) is 9.52. The fraction of sp³-hybridized carbons (Fsp3) is 0.588. The highest BCUT2D eigenvalue weighted by molar-refractivity contribution is 5.96. The van der Waals surface area contributed by atoms with E-state index in [-0.39, 0.29) is 5.91 Å². The Hall–Kier alpha value is -1.51. The molecule has 0 saturated carbocycles. The van der Waals surface area contributed by atoms with E-state index in [1.807, 2.05) is 30.9 Å². The number of amides is 1. The minimum atomic E-state index is 0.143. The second-order valence-electron chi connectivity index (χ2n) is 6.05. The van der Waals surface area contributed by atoms with Crippen molar-refractivity contribution in [2.24, 2.45) is 5.92 Å². The number of nitrogens with zero attached hydrogens (tertiary/aromatic N) is 1. The highest BCUT2D eigenvalue weighted by atomic mass is 16.2. The van der Waals surface area contributed by atoms with Crippen molar-refractivity contribution in [2.75, 3.05) is 18.8 Å². The standard InChI is InChI=1S/C17H26N2O/c1-4-5-14-6-8-19(9-7-14)17(20)15-11-16(18)13(3)10-12(15)2/h10-11,14H,4-9,18H2,1-3H3. The van der Waals surface area contributed by atoms with Crippen molar-refractivity contribution in [1.82, 2.24) is 4.90 Å². The lowest BCUT2D eigenvalue weighted by Gasteiger charge is -2.32. The molecule has 1 aliphatic rings. The van der Waals surface area contributed by atoms with E-state index in [1.54, 1.807) is 0 Å². The Morgan fingerprint density at radius 2 is 1.90 bits per heavy atom. The molecule has 1 fully saturated rings. The van der Waals surface area contributed by atoms with Crippen LogP contribution in [-0.4, -0.2) is 23.9 Å². The van der Waals surface area contributed by atoms with Crippen LogP contribution in [0.1, 0.15) is 54.1 Å². The van der Waals surface area contributed by atoms with Gasteiger partial charge in [-0.3, -0.25) is 4.79 Å². The Morgan fingerprint density at radius 3 is 2.50 bits per heavy atom. The smallest absolute Gasteiger partial charge is 0.254 e. The van der Waals surface area contributed by atoms with Crippen LogP contribution in [0.3, 0.4) is 0 Å². The van der Waals surface area contributed by atoms with Crippen LogP contribution in [0.2, 0.25) is 0 Å². The summed E-state index contributed by atoms with van der Waals surface area (Å²) in [6.07, 6.45) is 4.81. The lowest BCUT2D eigenvalue weighted by Crippen LogP contribution is -2.38. The van der Waals surface area contributed by atoms with Gasteiger partial charge in [-0.1, -0.05) is 25.8 Å². The molecule has 1 aliphatic heterocycles. The van der Waals surface area contributed by atoms with Crippen LogP contribution in [0, 0.1) is 19.8 Å². The van der Waals surface area contributed by atoms with Crippen LogP contribution in [0.4, 0.5) is 5.69 Å². The van der Waals surface area contributed by atoms with Crippen molar-refractivity contribution in [3.8, 4) is 0 Å². The number of aryl methyl sites for hydroxylation is 2. The Labute approximate surface area is 122 Å². The van der Waals surface area contributed by atoms with Crippen LogP contribution < -0.4 is 5.73 Å². The summed E-state index contributed by atoms with van der Waals surface area (Å²) in [5.74, 6) is 0.942. The summed E-state index contributed by atoms with van der Waals surface area (Å²) in [5, 5.41) is 0. The predicted molar refractivity (Wildman–Crippen MR) is 83.9 cm³/mol. The van der Waals surface area contributed by atoms with Gasteiger partial charge < -0.3 is 10.6 Å². The van der Waals surface area contributed by atoms with Crippen molar-refractivity contribution in [1.29, 1.82) is 0 Å². The van der Waals surface area contributed by atoms with E-state index in [2.05, 4.69) is 6.92 Å². The third-order valence-electron chi connectivity index (χ3n) is 4.44. The first-order valence-electron chi connectivity index (χ1n) is 7.69. The third kappa shape index (κ3) is 3.14. The van der Waals surface area contributed by atoms with Gasteiger partial charge in [-0.2, -0.15) is 0 Å². The number of benzene rings is 1. The Balaban J connectivity index is 2.07. The van der Waals surface area contributed by atoms with Crippen molar-refractivity contribution in [3.63, 3.8) is 0 Å². The van der Waals surface area contributed by atoms with Gasteiger partial charge in [0.25, 0.3) is 5.91 Å². The molecule has 20 heavy (non-hydrogen) atoms. The van der Waals surface area contributed by atoms with E-state index in [0.717, 1.165) is 48.5 Å². The third-order valence-corrected chi connectivity index (χ3v) is 4.44. The number of carbonyl (C=O) groups is 1. The van der Waals surface area contributed by atoms with E-state index in [1.165, 1.54) is 12.8 Å². The summed E-state index contributed by atoms with van der Waals surface area (Å²) in [6.45, 7) is 7.97. The summed E-state index contributed by atoms with van der Waals surface area (Å²) >= 11 is 0. The molecule has 2 rings (SSSR count). The maximum absolute atomic E-state index is 12.6. The van der Waals surface area contributed by atoms with Crippen molar-refractivity contribution in [3.05, 3.63) is 28.8 Å². The monoisotopic (exact) mass is 274 g/mol. The molecule has 3 heteroatoms. The largest absolute Gasteiger partial charge is 0.398 e. The second kappa shape index (κ2) is 6.29. The van der Waals surface area contributed by atoms with Gasteiger partial charge in [-0.15, -0.1) is 0 Å². The molecule has 1 aromatic carbocycles. The van der Waals surface area contributed by atoms with Crippen LogP contribution in [-0.2, 0) is 0 Å². The van der Waals surface area contributed by atoms with Crippen LogP contribution in [0.5, 0.6) is 0 Å². The molecule has 1 heterocycles. The summed E-state index contributed by atoms with van der Waals surface area (Å²) in [5.41, 5.74) is 9.49. The summed E-state index contributed by atoms with van der Waals surface area (Å²) < 4.78 is 0. The van der Waals surface area contributed by atoms with Crippen molar-refractivity contribution in [2.45, 2.75) is 46.5 Å². The SMILES string of the molecule is CCCC1CCN(C(=O)c2cc(N)c(C)cc2C)CC1. The molecule has 2 N–H and O–H groups in total. The number of anilines is 1. The van der Waals surface area contributed by atoms with Crippen LogP contribution in [0.15, 0.2) is 12.1 Å². The van der Waals surface area contributed by atoms with E-state index >= 15 is 0 Å². The zero-order chi connectivity index (χ0) is 14.7. The fourth-order valence-electron chi connectivity index (χ4n) is 3.10. The van der Waals surface area contributed by atoms with E-state index in [9.17, 15) is 4.79 Å². The minimum absolute atomic E-state index is 0.143. The van der Waals surface area contributed by atoms with Gasteiger partial charge in [0.15, 0.2) is 0 Å². The number of nitrogen functional groups attached to an aromatic ring is 1. The van der Waals surface area contributed by atoms with Crippen molar-refractivity contribution < 1.29 is 4.79 Å². The molecule has 0 aliphatic carbocycles. The van der Waals surface area contributed by atoms with E-state index in [4.69, 9.17) is 5.73 Å². The normalized spacial score (nSPS) is 16.4. The summed E-state index contributed by atoms with van der Waals surface area (Å²) in [6, 6.07) is 3.84. The zero-order valence-electron chi connectivity index (χ0n) is 12.9. The number of piperidine rings is 1. The number of rotatable bonds is 3. The molecule has 0 unspecified atom stereocenters. The molecule has 0 spiro atoms. The number of carbonyl (C=O) groups excluding carboxylic acids is 1. The fourth-order valence-corrected chi connectivity index (χ4v) is 3.10. The van der Waals surface area contributed by atoms with Crippen LogP contribution >= 0.6 is 0 Å². The Bertz CT molecular complexity index is 488. The highest BCUT2D eigenvalue weighted by Gasteiger charge is 2.24. The van der Waals surface area contributed by atoms with Gasteiger partial charge in [0.1, 0.15) is 0 Å². The average Bonchev–Trinajstić information content (AvgIpc) is 2.43. The van der Waals surface area contributed by atoms with Crippen LogP contribution in [0.25, 0.3) is 0 Å². The molecular formula is C17H26N2O. The molecular weight excluding hydrogens is 248 g/mol. The topological polar surface area (TPSA) is 46.3 Å². The summed E-state index contributed by atoms with van der Waals surface area (Å²) in [7, 11) is 0. The molecule has 110 valence electrons. The first-order valence-corrected chi connectivity index (χ1v) is 7.69. The zero-order valence-corrected chi connectivity index (χ0v) is 12.9. The van der Waals surface area contributed by atoms with Crippen molar-refractivity contribution >= 4 is 11.6 Å². The predicted octanol–water partition coefficient (Wildman–Crippen LogP) is 3.54. The van der Waals surface area contributed by atoms with E-state index in [0.29, 0.717) is 5.69 Å². The maximum atomic E-state index is 12.6. The Kier molecular flexibility index (Phi) is 4.69. The Morgan fingerprint density at radius 1 is 1.25 bits per heavy atom. The maximum Gasteiger partial charge on any atom is 0.254 e. The molecule has 1 saturated heterocycles. The molecule has 0 bridgehead atoms. The molecule has 3 nitrogen and oxygen atoms in total. The lowest BCUT2D eigenvalue weighted by molar-refractivity contribution is 0.0686. The van der Waals surface area contributed by atoms with Gasteiger partial charge in [0, 0.05) is 24.3 Å². The molecule has 1 aromatic rings. The quantitative estimate of drug-likeness (QED) is 0.857. The second-order valence-corrected chi connectivity index (χ2v) is 6.05. The van der Waals surface area contributed by atoms with Gasteiger partial charge >= 0.3 is 0 Å². The van der Waals surface area contributed by atoms with E-state index < -0.39 is 0 Å². The van der Waals surface area contributed by atoms with Gasteiger partial charge in [0.2, 0.25) is 0 Å². The van der Waals surface area contributed by atoms with Gasteiger partial charge in [-0.25, -0.2) is 0 Å². The highest BCUT2D eigenvalue weighted by Crippen LogP contribution is 2.25. The summed E-state index contributed by atoms with van der Waals surface area (Å²) in [4.78, 5) is 14.6. The molecule has 1 amide bonds. The lowest BCUT2D eigenvalue weighted by atomic mass is 9.92. The van der Waals surface area contributed by atoms with Gasteiger partial charge in [0.05, 0.1) is 0 Å². The molecule has 0 atom stereocenters. The minimum Gasteiger partial charge on any atom is -0.398 e. The molecule has 0 radical (unpaired) electrons. The molecule has 0 aromatic heterocycles. The number of likely N-dealkylation sites (tertiary alicyclic amines) is 1. The average molecular weight is 274 g/mol. The first kappa shape index (κ1) is 14.9. The number of hydrogen-bond donors (Lipinski definition) is 1.